The average Bonchev–Trinajstić information content (AvgIpc) is 2.89. The van der Waals surface area contributed by atoms with E-state index < -0.39 is 0 Å². The average molecular weight is 259 g/mol. The Morgan fingerprint density at radius 2 is 2.00 bits per heavy atom. The summed E-state index contributed by atoms with van der Waals surface area (Å²) < 4.78 is 0. The SMILES string of the molecule is CN(C)c1ccc(CN2CCCC3CNCC32)cc1. The topological polar surface area (TPSA) is 18.5 Å². The van der Waals surface area contributed by atoms with Gasteiger partial charge in [0.25, 0.3) is 0 Å². The molecule has 2 unspecified atom stereocenters. The first-order valence-electron chi connectivity index (χ1n) is 7.45. The molecule has 104 valence electrons. The van der Waals surface area contributed by atoms with Crippen LogP contribution in [-0.2, 0) is 6.54 Å². The molecule has 2 saturated heterocycles. The summed E-state index contributed by atoms with van der Waals surface area (Å²) in [5.74, 6) is 0.884. The second-order valence-corrected chi connectivity index (χ2v) is 6.16. The van der Waals surface area contributed by atoms with Crippen LogP contribution in [0.4, 0.5) is 5.69 Å². The molecule has 2 aliphatic heterocycles. The zero-order valence-corrected chi connectivity index (χ0v) is 12.1. The number of anilines is 1. The molecule has 0 aromatic heterocycles. The summed E-state index contributed by atoms with van der Waals surface area (Å²) >= 11 is 0. The largest absolute Gasteiger partial charge is 0.378 e. The first-order valence-corrected chi connectivity index (χ1v) is 7.45. The summed E-state index contributed by atoms with van der Waals surface area (Å²) in [6.45, 7) is 4.77. The Morgan fingerprint density at radius 1 is 1.21 bits per heavy atom. The Hall–Kier alpha value is -1.06. The Morgan fingerprint density at radius 3 is 2.74 bits per heavy atom. The second kappa shape index (κ2) is 5.51. The third-order valence-electron chi connectivity index (χ3n) is 4.63. The molecule has 1 aromatic rings. The maximum absolute atomic E-state index is 3.56. The summed E-state index contributed by atoms with van der Waals surface area (Å²) in [6, 6.07) is 9.78. The van der Waals surface area contributed by atoms with Gasteiger partial charge in [0.15, 0.2) is 0 Å². The third kappa shape index (κ3) is 2.77. The number of benzene rings is 1. The molecule has 0 radical (unpaired) electrons. The molecule has 1 aromatic carbocycles. The molecule has 2 heterocycles. The van der Waals surface area contributed by atoms with Gasteiger partial charge in [0.05, 0.1) is 0 Å². The van der Waals surface area contributed by atoms with Crippen LogP contribution >= 0.6 is 0 Å². The van der Waals surface area contributed by atoms with Crippen LogP contribution in [0, 0.1) is 5.92 Å². The minimum absolute atomic E-state index is 0.766. The first kappa shape index (κ1) is 12.9. The summed E-state index contributed by atoms with van der Waals surface area (Å²) in [4.78, 5) is 4.83. The molecule has 1 N–H and O–H groups in total. The Balaban J connectivity index is 1.67. The fourth-order valence-corrected chi connectivity index (χ4v) is 3.49. The number of nitrogens with zero attached hydrogens (tertiary/aromatic N) is 2. The molecule has 19 heavy (non-hydrogen) atoms. The number of nitrogens with one attached hydrogen (secondary N) is 1. The summed E-state index contributed by atoms with van der Waals surface area (Å²) in [5, 5.41) is 3.56. The van der Waals surface area contributed by atoms with E-state index in [0.717, 1.165) is 18.5 Å². The second-order valence-electron chi connectivity index (χ2n) is 6.16. The van der Waals surface area contributed by atoms with Crippen molar-refractivity contribution in [3.63, 3.8) is 0 Å². The summed E-state index contributed by atoms with van der Waals surface area (Å²) in [6.07, 6.45) is 2.77. The van der Waals surface area contributed by atoms with Crippen LogP contribution in [0.5, 0.6) is 0 Å². The van der Waals surface area contributed by atoms with Crippen LogP contribution in [-0.4, -0.2) is 44.7 Å². The van der Waals surface area contributed by atoms with Gasteiger partial charge >= 0.3 is 0 Å². The standard InChI is InChI=1S/C16H25N3/c1-18(2)15-7-5-13(6-8-15)12-19-9-3-4-14-10-17-11-16(14)19/h5-8,14,16-17H,3-4,9-12H2,1-2H3. The van der Waals surface area contributed by atoms with E-state index in [0.29, 0.717) is 0 Å². The monoisotopic (exact) mass is 259 g/mol. The Labute approximate surface area is 116 Å². The molecule has 0 spiro atoms. The van der Waals surface area contributed by atoms with Gasteiger partial charge in [0.1, 0.15) is 0 Å². The smallest absolute Gasteiger partial charge is 0.0361 e. The molecule has 2 aliphatic rings. The van der Waals surface area contributed by atoms with Crippen LogP contribution < -0.4 is 10.2 Å². The Bertz CT molecular complexity index is 413. The van der Waals surface area contributed by atoms with E-state index >= 15 is 0 Å². The fraction of sp³-hybridized carbons (Fsp3) is 0.625. The predicted octanol–water partition coefficient (Wildman–Crippen LogP) is 1.94. The van der Waals surface area contributed by atoms with Gasteiger partial charge in [-0.1, -0.05) is 12.1 Å². The van der Waals surface area contributed by atoms with E-state index in [4.69, 9.17) is 0 Å². The number of fused-ring (bicyclic) bond motifs is 1. The predicted molar refractivity (Wildman–Crippen MR) is 80.6 cm³/mol. The molecule has 3 nitrogen and oxygen atoms in total. The van der Waals surface area contributed by atoms with E-state index in [1.165, 1.54) is 43.7 Å². The molecule has 0 amide bonds. The van der Waals surface area contributed by atoms with E-state index in [-0.39, 0.29) is 0 Å². The van der Waals surface area contributed by atoms with Crippen LogP contribution in [0.3, 0.4) is 0 Å². The first-order chi connectivity index (χ1) is 9.24. The summed E-state index contributed by atoms with van der Waals surface area (Å²) in [5.41, 5.74) is 2.72. The van der Waals surface area contributed by atoms with Crippen molar-refractivity contribution < 1.29 is 0 Å². The lowest BCUT2D eigenvalue weighted by Gasteiger charge is -2.37. The molecule has 0 saturated carbocycles. The summed E-state index contributed by atoms with van der Waals surface area (Å²) in [7, 11) is 4.18. The maximum atomic E-state index is 3.56. The minimum atomic E-state index is 0.766. The normalized spacial score (nSPS) is 27.3. The van der Waals surface area contributed by atoms with Gasteiger partial charge in [-0.25, -0.2) is 0 Å². The van der Waals surface area contributed by atoms with Crippen LogP contribution in [0.2, 0.25) is 0 Å². The van der Waals surface area contributed by atoms with Gasteiger partial charge in [-0.15, -0.1) is 0 Å². The zero-order valence-electron chi connectivity index (χ0n) is 12.1. The molecule has 3 heteroatoms. The molecule has 3 rings (SSSR count). The quantitative estimate of drug-likeness (QED) is 0.895. The van der Waals surface area contributed by atoms with Crippen LogP contribution in [0.25, 0.3) is 0 Å². The maximum Gasteiger partial charge on any atom is 0.0361 e. The lowest BCUT2D eigenvalue weighted by Crippen LogP contribution is -2.44. The number of likely N-dealkylation sites (tertiary alicyclic amines) is 1. The molecular weight excluding hydrogens is 234 g/mol. The van der Waals surface area contributed by atoms with E-state index in [9.17, 15) is 0 Å². The minimum Gasteiger partial charge on any atom is -0.378 e. The highest BCUT2D eigenvalue weighted by Gasteiger charge is 2.34. The molecule has 0 aliphatic carbocycles. The van der Waals surface area contributed by atoms with E-state index in [1.54, 1.807) is 0 Å². The highest BCUT2D eigenvalue weighted by molar-refractivity contribution is 5.45. The van der Waals surface area contributed by atoms with Gasteiger partial charge in [-0.3, -0.25) is 4.90 Å². The van der Waals surface area contributed by atoms with Crippen LogP contribution in [0.1, 0.15) is 18.4 Å². The third-order valence-corrected chi connectivity index (χ3v) is 4.63. The van der Waals surface area contributed by atoms with Crippen molar-refractivity contribution in [2.24, 2.45) is 5.92 Å². The number of rotatable bonds is 3. The van der Waals surface area contributed by atoms with Gasteiger partial charge in [0.2, 0.25) is 0 Å². The van der Waals surface area contributed by atoms with Gasteiger partial charge < -0.3 is 10.2 Å². The number of hydrogen-bond donors (Lipinski definition) is 1. The zero-order chi connectivity index (χ0) is 13.2. The fourth-order valence-electron chi connectivity index (χ4n) is 3.49. The molecular formula is C16H25N3. The van der Waals surface area contributed by atoms with Crippen molar-refractivity contribution in [2.45, 2.75) is 25.4 Å². The molecule has 0 bridgehead atoms. The number of hydrogen-bond acceptors (Lipinski definition) is 3. The Kier molecular flexibility index (Phi) is 3.76. The van der Waals surface area contributed by atoms with Crippen molar-refractivity contribution in [2.75, 3.05) is 38.6 Å². The molecule has 2 atom stereocenters. The highest BCUT2D eigenvalue weighted by Crippen LogP contribution is 2.27. The lowest BCUT2D eigenvalue weighted by molar-refractivity contribution is 0.117. The van der Waals surface area contributed by atoms with Crippen molar-refractivity contribution in [1.29, 1.82) is 0 Å². The lowest BCUT2D eigenvalue weighted by atomic mass is 9.91. The number of piperidine rings is 1. The van der Waals surface area contributed by atoms with Crippen molar-refractivity contribution >= 4 is 5.69 Å². The van der Waals surface area contributed by atoms with E-state index in [2.05, 4.69) is 53.5 Å². The van der Waals surface area contributed by atoms with Crippen molar-refractivity contribution in [3.8, 4) is 0 Å². The van der Waals surface area contributed by atoms with Crippen molar-refractivity contribution in [1.82, 2.24) is 10.2 Å². The van der Waals surface area contributed by atoms with E-state index in [1.807, 2.05) is 0 Å². The van der Waals surface area contributed by atoms with Gasteiger partial charge in [-0.05, 0) is 49.5 Å². The van der Waals surface area contributed by atoms with Gasteiger partial charge in [0, 0.05) is 38.9 Å². The highest BCUT2D eigenvalue weighted by atomic mass is 15.2. The van der Waals surface area contributed by atoms with Gasteiger partial charge in [-0.2, -0.15) is 0 Å². The van der Waals surface area contributed by atoms with Crippen molar-refractivity contribution in [3.05, 3.63) is 29.8 Å². The molecule has 2 fully saturated rings. The van der Waals surface area contributed by atoms with Crippen LogP contribution in [0.15, 0.2) is 24.3 Å².